The molecule has 7 nitrogen and oxygen atoms in total. The summed E-state index contributed by atoms with van der Waals surface area (Å²) >= 11 is 1.67. The third-order valence-corrected chi connectivity index (χ3v) is 6.98. The van der Waals surface area contributed by atoms with Gasteiger partial charge < -0.3 is 20.3 Å². The maximum Gasteiger partial charge on any atom is 0.227 e. The van der Waals surface area contributed by atoms with Crippen molar-refractivity contribution >= 4 is 22.4 Å². The van der Waals surface area contributed by atoms with Gasteiger partial charge in [-0.25, -0.2) is 4.98 Å². The molecule has 0 bridgehead atoms. The van der Waals surface area contributed by atoms with Gasteiger partial charge in [0, 0.05) is 76.1 Å². The molecule has 150 valence electrons. The van der Waals surface area contributed by atoms with Crippen LogP contribution in [-0.4, -0.2) is 85.3 Å². The van der Waals surface area contributed by atoms with Crippen molar-refractivity contribution in [3.8, 4) is 0 Å². The highest BCUT2D eigenvalue weighted by Crippen LogP contribution is 2.25. The van der Waals surface area contributed by atoms with E-state index in [-0.39, 0.29) is 12.0 Å². The van der Waals surface area contributed by atoms with Gasteiger partial charge in [-0.3, -0.25) is 9.69 Å². The number of piperazine rings is 1. The Bertz CT molecular complexity index is 599. The first-order valence-electron chi connectivity index (χ1n) is 10.2. The number of anilines is 1. The zero-order valence-corrected chi connectivity index (χ0v) is 16.8. The number of likely N-dealkylation sites (tertiary alicyclic amines) is 1. The monoisotopic (exact) mass is 393 g/mol. The van der Waals surface area contributed by atoms with E-state index < -0.39 is 0 Å². The fraction of sp³-hybridized carbons (Fsp3) is 0.789. The van der Waals surface area contributed by atoms with Crippen LogP contribution in [0.5, 0.6) is 0 Å². The van der Waals surface area contributed by atoms with Gasteiger partial charge in [-0.15, -0.1) is 11.3 Å². The molecule has 2 N–H and O–H groups in total. The molecule has 3 aliphatic rings. The number of nitrogens with zero attached hydrogens (tertiary/aromatic N) is 4. The van der Waals surface area contributed by atoms with Gasteiger partial charge >= 0.3 is 0 Å². The van der Waals surface area contributed by atoms with Crippen LogP contribution in [0.2, 0.25) is 0 Å². The molecule has 1 aromatic rings. The zero-order valence-electron chi connectivity index (χ0n) is 16.0. The SMILES string of the molecule is N[C@H]1CC[C@@H](C(=O)N2CCN(c3nccs3)CC2)CN(C2CCOCC2)C1. The number of carbonyl (C=O) groups excluding carboxylic acids is 1. The highest BCUT2D eigenvalue weighted by Gasteiger charge is 2.34. The molecule has 27 heavy (non-hydrogen) atoms. The minimum atomic E-state index is 0.0767. The van der Waals surface area contributed by atoms with Crippen LogP contribution in [0.15, 0.2) is 11.6 Å². The van der Waals surface area contributed by atoms with E-state index in [9.17, 15) is 4.79 Å². The number of nitrogens with two attached hydrogens (primary N) is 1. The summed E-state index contributed by atoms with van der Waals surface area (Å²) in [6.45, 7) is 6.73. The Kier molecular flexibility index (Phi) is 6.27. The number of amides is 1. The third kappa shape index (κ3) is 4.62. The average molecular weight is 394 g/mol. The molecular formula is C19H31N5O2S. The topological polar surface area (TPSA) is 74.9 Å². The molecule has 8 heteroatoms. The number of hydrogen-bond acceptors (Lipinski definition) is 7. The first-order chi connectivity index (χ1) is 13.2. The molecule has 0 aliphatic carbocycles. The lowest BCUT2D eigenvalue weighted by Gasteiger charge is -2.38. The predicted molar refractivity (Wildman–Crippen MR) is 107 cm³/mol. The highest BCUT2D eigenvalue weighted by molar-refractivity contribution is 7.13. The van der Waals surface area contributed by atoms with E-state index in [0.717, 1.165) is 83.3 Å². The number of carbonyl (C=O) groups is 1. The maximum absolute atomic E-state index is 13.2. The van der Waals surface area contributed by atoms with Gasteiger partial charge in [-0.1, -0.05) is 0 Å². The molecule has 1 aromatic heterocycles. The van der Waals surface area contributed by atoms with E-state index in [0.29, 0.717) is 11.9 Å². The minimum absolute atomic E-state index is 0.0767. The lowest BCUT2D eigenvalue weighted by Crippen LogP contribution is -2.52. The van der Waals surface area contributed by atoms with Crippen LogP contribution in [0.4, 0.5) is 5.13 Å². The second-order valence-corrected chi connectivity index (χ2v) is 8.83. The number of thiazole rings is 1. The van der Waals surface area contributed by atoms with E-state index in [2.05, 4.69) is 19.7 Å². The van der Waals surface area contributed by atoms with Crippen molar-refractivity contribution in [2.75, 3.05) is 57.4 Å². The zero-order chi connectivity index (χ0) is 18.6. The second-order valence-electron chi connectivity index (χ2n) is 7.96. The van der Waals surface area contributed by atoms with Gasteiger partial charge in [-0.2, -0.15) is 0 Å². The predicted octanol–water partition coefficient (Wildman–Crippen LogP) is 1.01. The Morgan fingerprint density at radius 2 is 1.89 bits per heavy atom. The third-order valence-electron chi connectivity index (χ3n) is 6.15. The molecule has 4 heterocycles. The van der Waals surface area contributed by atoms with Crippen molar-refractivity contribution in [3.63, 3.8) is 0 Å². The Balaban J connectivity index is 1.35. The molecule has 3 saturated heterocycles. The standard InChI is InChI=1S/C19H31N5O2S/c20-16-2-1-15(13-24(14-16)17-3-10-26-11-4-17)18(25)22-6-8-23(9-7-22)19-21-5-12-27-19/h5,12,15-17H,1-4,6-11,13-14,20H2/t15-,16+/m1/s1. The molecule has 3 fully saturated rings. The summed E-state index contributed by atoms with van der Waals surface area (Å²) in [5.41, 5.74) is 6.33. The Labute approximate surface area is 165 Å². The van der Waals surface area contributed by atoms with E-state index in [1.165, 1.54) is 0 Å². The van der Waals surface area contributed by atoms with Crippen molar-refractivity contribution in [1.82, 2.24) is 14.8 Å². The molecule has 0 radical (unpaired) electrons. The van der Waals surface area contributed by atoms with Crippen molar-refractivity contribution in [3.05, 3.63) is 11.6 Å². The van der Waals surface area contributed by atoms with Crippen LogP contribution in [0.25, 0.3) is 0 Å². The van der Waals surface area contributed by atoms with Crippen LogP contribution in [0.3, 0.4) is 0 Å². The molecule has 0 spiro atoms. The van der Waals surface area contributed by atoms with Crippen LogP contribution in [0.1, 0.15) is 25.7 Å². The van der Waals surface area contributed by atoms with Crippen molar-refractivity contribution in [1.29, 1.82) is 0 Å². The number of aromatic nitrogens is 1. The minimum Gasteiger partial charge on any atom is -0.381 e. The van der Waals surface area contributed by atoms with Crippen molar-refractivity contribution in [2.24, 2.45) is 11.7 Å². The van der Waals surface area contributed by atoms with Gasteiger partial charge in [0.1, 0.15) is 0 Å². The summed E-state index contributed by atoms with van der Waals surface area (Å²) in [6, 6.07) is 0.687. The van der Waals surface area contributed by atoms with Crippen LogP contribution >= 0.6 is 11.3 Å². The van der Waals surface area contributed by atoms with Gasteiger partial charge in [0.15, 0.2) is 5.13 Å². The smallest absolute Gasteiger partial charge is 0.227 e. The first-order valence-corrected chi connectivity index (χ1v) is 11.1. The molecular weight excluding hydrogens is 362 g/mol. The van der Waals surface area contributed by atoms with Crippen molar-refractivity contribution in [2.45, 2.75) is 37.8 Å². The van der Waals surface area contributed by atoms with Crippen LogP contribution in [0, 0.1) is 5.92 Å². The summed E-state index contributed by atoms with van der Waals surface area (Å²) in [5.74, 6) is 0.396. The number of rotatable bonds is 3. The lowest BCUT2D eigenvalue weighted by molar-refractivity contribution is -0.136. The van der Waals surface area contributed by atoms with Gasteiger partial charge in [0.25, 0.3) is 0 Å². The normalized spacial score (nSPS) is 28.9. The molecule has 1 amide bonds. The first kappa shape index (κ1) is 19.1. The van der Waals surface area contributed by atoms with E-state index >= 15 is 0 Å². The molecule has 0 saturated carbocycles. The largest absolute Gasteiger partial charge is 0.381 e. The van der Waals surface area contributed by atoms with Crippen LogP contribution in [-0.2, 0) is 9.53 Å². The molecule has 4 rings (SSSR count). The quantitative estimate of drug-likeness (QED) is 0.826. The van der Waals surface area contributed by atoms with Gasteiger partial charge in [-0.05, 0) is 25.7 Å². The summed E-state index contributed by atoms with van der Waals surface area (Å²) in [6.07, 6.45) is 5.80. The van der Waals surface area contributed by atoms with Gasteiger partial charge in [0.05, 0.1) is 5.92 Å². The lowest BCUT2D eigenvalue weighted by atomic mass is 9.99. The maximum atomic E-state index is 13.2. The molecule has 3 aliphatic heterocycles. The van der Waals surface area contributed by atoms with E-state index in [4.69, 9.17) is 10.5 Å². The fourth-order valence-corrected chi connectivity index (χ4v) is 5.25. The van der Waals surface area contributed by atoms with Gasteiger partial charge in [0.2, 0.25) is 5.91 Å². The highest BCUT2D eigenvalue weighted by atomic mass is 32.1. The Hall–Kier alpha value is -1.22. The second kappa shape index (κ2) is 8.86. The van der Waals surface area contributed by atoms with Crippen molar-refractivity contribution < 1.29 is 9.53 Å². The Morgan fingerprint density at radius 1 is 1.11 bits per heavy atom. The summed E-state index contributed by atoms with van der Waals surface area (Å²) in [4.78, 5) is 24.5. The molecule has 0 unspecified atom stereocenters. The van der Waals surface area contributed by atoms with Crippen LogP contribution < -0.4 is 10.6 Å². The molecule has 2 atom stereocenters. The summed E-state index contributed by atoms with van der Waals surface area (Å²) < 4.78 is 5.52. The summed E-state index contributed by atoms with van der Waals surface area (Å²) in [5, 5.41) is 3.07. The average Bonchev–Trinajstić information content (AvgIpc) is 3.18. The number of ether oxygens (including phenoxy) is 1. The number of hydrogen-bond donors (Lipinski definition) is 1. The molecule has 0 aromatic carbocycles. The van der Waals surface area contributed by atoms with E-state index in [1.807, 2.05) is 11.6 Å². The van der Waals surface area contributed by atoms with E-state index in [1.54, 1.807) is 11.3 Å². The Morgan fingerprint density at radius 3 is 2.59 bits per heavy atom. The fourth-order valence-electron chi connectivity index (χ4n) is 4.56. The summed E-state index contributed by atoms with van der Waals surface area (Å²) in [7, 11) is 0.